The zero-order valence-corrected chi connectivity index (χ0v) is 10.7. The highest BCUT2D eigenvalue weighted by Crippen LogP contribution is 2.17. The third-order valence-electron chi connectivity index (χ3n) is 2.51. The van der Waals surface area contributed by atoms with Crippen molar-refractivity contribution in [1.29, 1.82) is 0 Å². The Bertz CT molecular complexity index is 370. The molecule has 17 heavy (non-hydrogen) atoms. The molecule has 0 saturated carbocycles. The van der Waals surface area contributed by atoms with Crippen LogP contribution in [0.25, 0.3) is 0 Å². The second kappa shape index (κ2) is 7.28. The van der Waals surface area contributed by atoms with Gasteiger partial charge >= 0.3 is 0 Å². The van der Waals surface area contributed by atoms with Crippen LogP contribution in [0.15, 0.2) is 24.3 Å². The predicted octanol–water partition coefficient (Wildman–Crippen LogP) is 3.59. The molecule has 0 bridgehead atoms. The minimum absolute atomic E-state index is 0.0169. The molecule has 4 heteroatoms. The molecule has 0 heterocycles. The van der Waals surface area contributed by atoms with Gasteiger partial charge in [-0.25, -0.2) is 4.39 Å². The molecule has 94 valence electrons. The van der Waals surface area contributed by atoms with E-state index in [9.17, 15) is 9.18 Å². The number of carbonyl (C=O) groups is 1. The number of alkyl halides is 1. The lowest BCUT2D eigenvalue weighted by atomic mass is 10.2. The van der Waals surface area contributed by atoms with E-state index in [-0.39, 0.29) is 11.7 Å². The molecule has 0 N–H and O–H groups in total. The van der Waals surface area contributed by atoms with Crippen LogP contribution in [0.5, 0.6) is 0 Å². The van der Waals surface area contributed by atoms with Crippen molar-refractivity contribution in [2.24, 2.45) is 0 Å². The fraction of sp³-hybridized carbons (Fsp3) is 0.462. The molecule has 2 nitrogen and oxygen atoms in total. The maximum atomic E-state index is 13.1. The summed E-state index contributed by atoms with van der Waals surface area (Å²) in [5.41, 5.74) is 0.614. The van der Waals surface area contributed by atoms with Gasteiger partial charge in [-0.05, 0) is 38.0 Å². The number of amides is 1. The molecule has 0 aliphatic carbocycles. The normalized spacial score (nSPS) is 10.3. The van der Waals surface area contributed by atoms with Crippen molar-refractivity contribution >= 4 is 23.2 Å². The SMILES string of the molecule is CCN(C(=O)CCCCCl)c1cccc(F)c1. The topological polar surface area (TPSA) is 20.3 Å². The van der Waals surface area contributed by atoms with Crippen molar-refractivity contribution in [2.45, 2.75) is 26.2 Å². The van der Waals surface area contributed by atoms with Gasteiger partial charge in [0.1, 0.15) is 5.82 Å². The average Bonchev–Trinajstić information content (AvgIpc) is 2.30. The zero-order valence-electron chi connectivity index (χ0n) is 9.96. The maximum Gasteiger partial charge on any atom is 0.226 e. The second-order valence-corrected chi connectivity index (χ2v) is 4.14. The number of unbranched alkanes of at least 4 members (excludes halogenated alkanes) is 1. The van der Waals surface area contributed by atoms with Crippen molar-refractivity contribution in [1.82, 2.24) is 0 Å². The fourth-order valence-electron chi connectivity index (χ4n) is 1.65. The summed E-state index contributed by atoms with van der Waals surface area (Å²) >= 11 is 5.56. The smallest absolute Gasteiger partial charge is 0.226 e. The van der Waals surface area contributed by atoms with E-state index in [1.54, 1.807) is 17.0 Å². The van der Waals surface area contributed by atoms with E-state index in [1.807, 2.05) is 6.92 Å². The number of carbonyl (C=O) groups excluding carboxylic acids is 1. The van der Waals surface area contributed by atoms with Crippen LogP contribution in [0, 0.1) is 5.82 Å². The lowest BCUT2D eigenvalue weighted by Crippen LogP contribution is -2.30. The third-order valence-corrected chi connectivity index (χ3v) is 2.78. The summed E-state index contributed by atoms with van der Waals surface area (Å²) in [5.74, 6) is 0.261. The van der Waals surface area contributed by atoms with Crippen LogP contribution in [-0.4, -0.2) is 18.3 Å². The summed E-state index contributed by atoms with van der Waals surface area (Å²) in [6.07, 6.45) is 2.05. The number of benzene rings is 1. The summed E-state index contributed by atoms with van der Waals surface area (Å²) in [6, 6.07) is 6.10. The van der Waals surface area contributed by atoms with Crippen LogP contribution in [-0.2, 0) is 4.79 Å². The Kier molecular flexibility index (Phi) is 5.98. The first-order chi connectivity index (χ1) is 8.19. The lowest BCUT2D eigenvalue weighted by Gasteiger charge is -2.21. The highest BCUT2D eigenvalue weighted by Gasteiger charge is 2.13. The van der Waals surface area contributed by atoms with Gasteiger partial charge in [-0.3, -0.25) is 4.79 Å². The monoisotopic (exact) mass is 257 g/mol. The zero-order chi connectivity index (χ0) is 12.7. The van der Waals surface area contributed by atoms with E-state index in [1.165, 1.54) is 12.1 Å². The summed E-state index contributed by atoms with van der Waals surface area (Å²) in [5, 5.41) is 0. The van der Waals surface area contributed by atoms with Crippen molar-refractivity contribution in [3.05, 3.63) is 30.1 Å². The third kappa shape index (κ3) is 4.35. The molecule has 1 rings (SSSR count). The largest absolute Gasteiger partial charge is 0.313 e. The van der Waals surface area contributed by atoms with Crippen LogP contribution in [0.2, 0.25) is 0 Å². The molecule has 1 aromatic carbocycles. The van der Waals surface area contributed by atoms with Crippen molar-refractivity contribution < 1.29 is 9.18 Å². The predicted molar refractivity (Wildman–Crippen MR) is 69.0 cm³/mol. The van der Waals surface area contributed by atoms with E-state index in [0.29, 0.717) is 24.5 Å². The number of halogens is 2. The van der Waals surface area contributed by atoms with Gasteiger partial charge in [-0.15, -0.1) is 11.6 Å². The van der Waals surface area contributed by atoms with Crippen LogP contribution in [0.3, 0.4) is 0 Å². The minimum Gasteiger partial charge on any atom is -0.313 e. The van der Waals surface area contributed by atoms with Crippen molar-refractivity contribution in [3.63, 3.8) is 0 Å². The molecule has 0 aliphatic heterocycles. The Morgan fingerprint density at radius 2 is 2.18 bits per heavy atom. The molecule has 0 aliphatic rings. The number of nitrogens with zero attached hydrogens (tertiary/aromatic N) is 1. The first-order valence-electron chi connectivity index (χ1n) is 5.81. The van der Waals surface area contributed by atoms with E-state index in [4.69, 9.17) is 11.6 Å². The molecule has 0 radical (unpaired) electrons. The van der Waals surface area contributed by atoms with E-state index in [2.05, 4.69) is 0 Å². The standard InChI is InChI=1S/C13H17ClFNO/c1-2-16(13(17)8-3-4-9-14)12-7-5-6-11(15)10-12/h5-7,10H,2-4,8-9H2,1H3. The molecule has 0 spiro atoms. The highest BCUT2D eigenvalue weighted by molar-refractivity contribution is 6.17. The molecular weight excluding hydrogens is 241 g/mol. The Morgan fingerprint density at radius 3 is 2.76 bits per heavy atom. The van der Waals surface area contributed by atoms with E-state index in [0.717, 1.165) is 12.8 Å². The van der Waals surface area contributed by atoms with Gasteiger partial charge in [0.2, 0.25) is 5.91 Å². The Balaban J connectivity index is 2.67. The lowest BCUT2D eigenvalue weighted by molar-refractivity contribution is -0.118. The number of anilines is 1. The number of hydrogen-bond acceptors (Lipinski definition) is 1. The summed E-state index contributed by atoms with van der Waals surface area (Å²) in [6.45, 7) is 2.42. The Hall–Kier alpha value is -1.09. The average molecular weight is 258 g/mol. The van der Waals surface area contributed by atoms with E-state index >= 15 is 0 Å². The Morgan fingerprint density at radius 1 is 1.41 bits per heavy atom. The highest BCUT2D eigenvalue weighted by atomic mass is 35.5. The molecule has 0 saturated heterocycles. The number of rotatable bonds is 6. The van der Waals surface area contributed by atoms with Crippen LogP contribution in [0.4, 0.5) is 10.1 Å². The maximum absolute atomic E-state index is 13.1. The molecule has 1 aromatic rings. The van der Waals surface area contributed by atoms with E-state index < -0.39 is 0 Å². The van der Waals surface area contributed by atoms with Crippen molar-refractivity contribution in [2.75, 3.05) is 17.3 Å². The van der Waals surface area contributed by atoms with Crippen LogP contribution < -0.4 is 4.90 Å². The molecular formula is C13H17ClFNO. The van der Waals surface area contributed by atoms with Crippen LogP contribution >= 0.6 is 11.6 Å². The second-order valence-electron chi connectivity index (χ2n) is 3.76. The van der Waals surface area contributed by atoms with Crippen LogP contribution in [0.1, 0.15) is 26.2 Å². The van der Waals surface area contributed by atoms with Gasteiger partial charge in [0, 0.05) is 24.5 Å². The summed E-state index contributed by atoms with van der Waals surface area (Å²) in [4.78, 5) is 13.5. The molecule has 0 atom stereocenters. The molecule has 0 fully saturated rings. The first-order valence-corrected chi connectivity index (χ1v) is 6.34. The van der Waals surface area contributed by atoms with Gasteiger partial charge in [0.05, 0.1) is 0 Å². The molecule has 0 unspecified atom stereocenters. The van der Waals surface area contributed by atoms with Gasteiger partial charge < -0.3 is 4.90 Å². The van der Waals surface area contributed by atoms with Gasteiger partial charge in [-0.2, -0.15) is 0 Å². The Labute approximate surface area is 106 Å². The number of hydrogen-bond donors (Lipinski definition) is 0. The van der Waals surface area contributed by atoms with Gasteiger partial charge in [-0.1, -0.05) is 6.07 Å². The molecule has 1 amide bonds. The summed E-state index contributed by atoms with van der Waals surface area (Å²) < 4.78 is 13.1. The first kappa shape index (κ1) is 14.0. The summed E-state index contributed by atoms with van der Waals surface area (Å²) in [7, 11) is 0. The van der Waals surface area contributed by atoms with Gasteiger partial charge in [0.25, 0.3) is 0 Å². The minimum atomic E-state index is -0.325. The quantitative estimate of drug-likeness (QED) is 0.563. The van der Waals surface area contributed by atoms with Gasteiger partial charge in [0.15, 0.2) is 0 Å². The van der Waals surface area contributed by atoms with Crippen molar-refractivity contribution in [3.8, 4) is 0 Å². The molecule has 0 aromatic heterocycles. The fourth-order valence-corrected chi connectivity index (χ4v) is 1.84.